The molecular formula is C15H21BrN2O. The number of hydrogen-bond acceptors (Lipinski definition) is 2. The molecule has 4 heteroatoms. The zero-order valence-electron chi connectivity index (χ0n) is 11.4. The van der Waals surface area contributed by atoms with E-state index < -0.39 is 0 Å². The number of carbonyl (C=O) groups excluding carboxylic acids is 1. The SMILES string of the molecule is CN(CCN1CCCCC1)C(=O)c1ccccc1Br. The van der Waals surface area contributed by atoms with Gasteiger partial charge in [-0.05, 0) is 54.0 Å². The van der Waals surface area contributed by atoms with E-state index in [0.717, 1.165) is 23.1 Å². The van der Waals surface area contributed by atoms with Crippen LogP contribution in [0.1, 0.15) is 29.6 Å². The quantitative estimate of drug-likeness (QED) is 0.850. The van der Waals surface area contributed by atoms with Crippen molar-refractivity contribution in [2.24, 2.45) is 0 Å². The second-order valence-corrected chi connectivity index (χ2v) is 5.96. The van der Waals surface area contributed by atoms with Crippen LogP contribution in [0.5, 0.6) is 0 Å². The number of likely N-dealkylation sites (tertiary alicyclic amines) is 1. The fraction of sp³-hybridized carbons (Fsp3) is 0.533. The number of piperidine rings is 1. The molecule has 1 heterocycles. The minimum Gasteiger partial charge on any atom is -0.340 e. The molecule has 1 aliphatic rings. The third-order valence-corrected chi connectivity index (χ3v) is 4.34. The maximum Gasteiger partial charge on any atom is 0.254 e. The van der Waals surface area contributed by atoms with Crippen LogP contribution in [0.15, 0.2) is 28.7 Å². The fourth-order valence-electron chi connectivity index (χ4n) is 2.42. The van der Waals surface area contributed by atoms with Crippen LogP contribution >= 0.6 is 15.9 Å². The highest BCUT2D eigenvalue weighted by Gasteiger charge is 2.16. The Hall–Kier alpha value is -0.870. The molecule has 0 aromatic heterocycles. The smallest absolute Gasteiger partial charge is 0.254 e. The first-order valence-electron chi connectivity index (χ1n) is 6.91. The van der Waals surface area contributed by atoms with Crippen molar-refractivity contribution in [1.82, 2.24) is 9.80 Å². The number of rotatable bonds is 4. The molecule has 1 aromatic rings. The number of carbonyl (C=O) groups is 1. The van der Waals surface area contributed by atoms with Crippen molar-refractivity contribution in [3.8, 4) is 0 Å². The summed E-state index contributed by atoms with van der Waals surface area (Å²) in [5.41, 5.74) is 0.739. The average molecular weight is 325 g/mol. The minimum absolute atomic E-state index is 0.0875. The standard InChI is InChI=1S/C15H21BrN2O/c1-17(11-12-18-9-5-2-6-10-18)15(19)13-7-3-4-8-14(13)16/h3-4,7-8H,2,5-6,9-12H2,1H3. The van der Waals surface area contributed by atoms with E-state index in [9.17, 15) is 4.79 Å². The topological polar surface area (TPSA) is 23.6 Å². The Bertz CT molecular complexity index is 430. The molecule has 0 aliphatic carbocycles. The van der Waals surface area contributed by atoms with Crippen LogP contribution in [-0.2, 0) is 0 Å². The van der Waals surface area contributed by atoms with Crippen LogP contribution in [0.4, 0.5) is 0 Å². The molecule has 1 amide bonds. The summed E-state index contributed by atoms with van der Waals surface area (Å²) < 4.78 is 0.866. The summed E-state index contributed by atoms with van der Waals surface area (Å²) in [6, 6.07) is 7.60. The molecule has 19 heavy (non-hydrogen) atoms. The minimum atomic E-state index is 0.0875. The lowest BCUT2D eigenvalue weighted by Crippen LogP contribution is -2.38. The molecule has 0 N–H and O–H groups in total. The first-order chi connectivity index (χ1) is 9.18. The van der Waals surface area contributed by atoms with Crippen molar-refractivity contribution < 1.29 is 4.79 Å². The van der Waals surface area contributed by atoms with E-state index in [1.807, 2.05) is 36.2 Å². The summed E-state index contributed by atoms with van der Waals surface area (Å²) in [7, 11) is 1.88. The van der Waals surface area contributed by atoms with Gasteiger partial charge >= 0.3 is 0 Å². The Balaban J connectivity index is 1.87. The molecule has 0 saturated carbocycles. The summed E-state index contributed by atoms with van der Waals surface area (Å²) in [5.74, 6) is 0.0875. The third kappa shape index (κ3) is 4.05. The van der Waals surface area contributed by atoms with Gasteiger partial charge in [-0.15, -0.1) is 0 Å². The van der Waals surface area contributed by atoms with Crippen LogP contribution in [0.3, 0.4) is 0 Å². The van der Waals surface area contributed by atoms with Gasteiger partial charge in [0.2, 0.25) is 0 Å². The van der Waals surface area contributed by atoms with Gasteiger partial charge in [0.25, 0.3) is 5.91 Å². The lowest BCUT2D eigenvalue weighted by atomic mass is 10.1. The van der Waals surface area contributed by atoms with E-state index in [-0.39, 0.29) is 5.91 Å². The van der Waals surface area contributed by atoms with E-state index in [1.165, 1.54) is 32.4 Å². The third-order valence-electron chi connectivity index (χ3n) is 3.65. The van der Waals surface area contributed by atoms with Crippen LogP contribution < -0.4 is 0 Å². The summed E-state index contributed by atoms with van der Waals surface area (Å²) >= 11 is 3.43. The van der Waals surface area contributed by atoms with Crippen molar-refractivity contribution in [2.45, 2.75) is 19.3 Å². The van der Waals surface area contributed by atoms with Crippen molar-refractivity contribution in [3.05, 3.63) is 34.3 Å². The number of halogens is 1. The molecule has 104 valence electrons. The molecule has 0 spiro atoms. The molecule has 0 atom stereocenters. The normalized spacial score (nSPS) is 16.3. The van der Waals surface area contributed by atoms with Crippen molar-refractivity contribution in [3.63, 3.8) is 0 Å². The number of nitrogens with zero attached hydrogens (tertiary/aromatic N) is 2. The fourth-order valence-corrected chi connectivity index (χ4v) is 2.87. The van der Waals surface area contributed by atoms with E-state index >= 15 is 0 Å². The van der Waals surface area contributed by atoms with E-state index in [4.69, 9.17) is 0 Å². The molecule has 1 saturated heterocycles. The molecule has 1 aliphatic heterocycles. The van der Waals surface area contributed by atoms with E-state index in [0.29, 0.717) is 0 Å². The largest absolute Gasteiger partial charge is 0.340 e. The molecule has 0 radical (unpaired) electrons. The second-order valence-electron chi connectivity index (χ2n) is 5.11. The number of amides is 1. The van der Waals surface area contributed by atoms with E-state index in [1.54, 1.807) is 0 Å². The maximum absolute atomic E-state index is 12.3. The number of benzene rings is 1. The van der Waals surface area contributed by atoms with Crippen LogP contribution in [0.2, 0.25) is 0 Å². The maximum atomic E-state index is 12.3. The summed E-state index contributed by atoms with van der Waals surface area (Å²) in [6.45, 7) is 4.13. The van der Waals surface area contributed by atoms with Crippen molar-refractivity contribution in [2.75, 3.05) is 33.2 Å². The Kier molecular flexibility index (Phi) is 5.40. The Morgan fingerprint density at radius 3 is 2.63 bits per heavy atom. The molecule has 0 bridgehead atoms. The first kappa shape index (κ1) is 14.5. The van der Waals surface area contributed by atoms with Gasteiger partial charge in [0, 0.05) is 24.6 Å². The van der Waals surface area contributed by atoms with Gasteiger partial charge in [-0.1, -0.05) is 18.6 Å². The molecule has 0 unspecified atom stereocenters. The van der Waals surface area contributed by atoms with Gasteiger partial charge in [-0.25, -0.2) is 0 Å². The number of likely N-dealkylation sites (N-methyl/N-ethyl adjacent to an activating group) is 1. The van der Waals surface area contributed by atoms with E-state index in [2.05, 4.69) is 20.8 Å². The van der Waals surface area contributed by atoms with Crippen LogP contribution in [-0.4, -0.2) is 48.9 Å². The average Bonchev–Trinajstić information content (AvgIpc) is 2.45. The summed E-state index contributed by atoms with van der Waals surface area (Å²) in [6.07, 6.45) is 3.94. The van der Waals surface area contributed by atoms with Gasteiger partial charge in [-0.2, -0.15) is 0 Å². The second kappa shape index (κ2) is 7.06. The highest BCUT2D eigenvalue weighted by Crippen LogP contribution is 2.17. The highest BCUT2D eigenvalue weighted by molar-refractivity contribution is 9.10. The lowest BCUT2D eigenvalue weighted by Gasteiger charge is -2.28. The molecule has 2 rings (SSSR count). The van der Waals surface area contributed by atoms with Gasteiger partial charge in [0.05, 0.1) is 5.56 Å². The number of hydrogen-bond donors (Lipinski definition) is 0. The van der Waals surface area contributed by atoms with Gasteiger partial charge in [-0.3, -0.25) is 4.79 Å². The highest BCUT2D eigenvalue weighted by atomic mass is 79.9. The summed E-state index contributed by atoms with van der Waals surface area (Å²) in [4.78, 5) is 16.6. The van der Waals surface area contributed by atoms with Crippen LogP contribution in [0, 0.1) is 0 Å². The van der Waals surface area contributed by atoms with Crippen molar-refractivity contribution in [1.29, 1.82) is 0 Å². The zero-order valence-corrected chi connectivity index (χ0v) is 13.0. The van der Waals surface area contributed by atoms with Crippen molar-refractivity contribution >= 4 is 21.8 Å². The first-order valence-corrected chi connectivity index (χ1v) is 7.70. The van der Waals surface area contributed by atoms with Gasteiger partial charge in [0.1, 0.15) is 0 Å². The molecule has 3 nitrogen and oxygen atoms in total. The molecular weight excluding hydrogens is 304 g/mol. The molecule has 1 aromatic carbocycles. The lowest BCUT2D eigenvalue weighted by molar-refractivity contribution is 0.0772. The monoisotopic (exact) mass is 324 g/mol. The Labute approximate surface area is 123 Å². The van der Waals surface area contributed by atoms with Crippen LogP contribution in [0.25, 0.3) is 0 Å². The van der Waals surface area contributed by atoms with Gasteiger partial charge < -0.3 is 9.80 Å². The Morgan fingerprint density at radius 2 is 1.95 bits per heavy atom. The zero-order chi connectivity index (χ0) is 13.7. The predicted octanol–water partition coefficient (Wildman–Crippen LogP) is 3.01. The summed E-state index contributed by atoms with van der Waals surface area (Å²) in [5, 5.41) is 0. The molecule has 1 fully saturated rings. The predicted molar refractivity (Wildman–Crippen MR) is 81.4 cm³/mol. The Morgan fingerprint density at radius 1 is 1.26 bits per heavy atom. The van der Waals surface area contributed by atoms with Gasteiger partial charge in [0.15, 0.2) is 0 Å².